The van der Waals surface area contributed by atoms with Gasteiger partial charge in [-0.15, -0.1) is 0 Å². The van der Waals surface area contributed by atoms with Gasteiger partial charge in [0.1, 0.15) is 0 Å². The molecule has 5 nitrogen and oxygen atoms in total. The van der Waals surface area contributed by atoms with Crippen molar-refractivity contribution in [1.82, 2.24) is 15.0 Å². The highest BCUT2D eigenvalue weighted by Crippen LogP contribution is 2.18. The third-order valence-electron chi connectivity index (χ3n) is 3.15. The molecular weight excluding hydrogens is 252 g/mol. The van der Waals surface area contributed by atoms with Gasteiger partial charge in [0.15, 0.2) is 5.82 Å². The van der Waals surface area contributed by atoms with Crippen molar-refractivity contribution in [3.63, 3.8) is 0 Å². The Bertz CT molecular complexity index is 536. The van der Waals surface area contributed by atoms with Crippen molar-refractivity contribution < 1.29 is 4.52 Å². The van der Waals surface area contributed by atoms with E-state index in [1.807, 2.05) is 37.4 Å². The molecule has 0 aliphatic carbocycles. The number of rotatable bonds is 6. The molecule has 0 radical (unpaired) electrons. The lowest BCUT2D eigenvalue weighted by Crippen LogP contribution is -2.36. The van der Waals surface area contributed by atoms with Crippen LogP contribution in [0.5, 0.6) is 0 Å². The van der Waals surface area contributed by atoms with E-state index in [0.29, 0.717) is 24.8 Å². The third kappa shape index (κ3) is 3.88. The first-order valence-electron chi connectivity index (χ1n) is 6.77. The van der Waals surface area contributed by atoms with Gasteiger partial charge in [0, 0.05) is 12.1 Å². The second kappa shape index (κ2) is 6.15. The van der Waals surface area contributed by atoms with Crippen LogP contribution in [0.4, 0.5) is 0 Å². The van der Waals surface area contributed by atoms with E-state index in [-0.39, 0.29) is 5.41 Å². The zero-order valence-corrected chi connectivity index (χ0v) is 12.3. The van der Waals surface area contributed by atoms with Gasteiger partial charge in [0.05, 0.1) is 6.54 Å². The lowest BCUT2D eigenvalue weighted by atomic mass is 9.93. The molecule has 0 unspecified atom stereocenters. The highest BCUT2D eigenvalue weighted by Gasteiger charge is 2.19. The van der Waals surface area contributed by atoms with E-state index in [4.69, 9.17) is 10.3 Å². The molecule has 2 N–H and O–H groups in total. The fourth-order valence-corrected chi connectivity index (χ4v) is 2.11. The summed E-state index contributed by atoms with van der Waals surface area (Å²) < 4.78 is 5.30. The predicted molar refractivity (Wildman–Crippen MR) is 78.9 cm³/mol. The van der Waals surface area contributed by atoms with Gasteiger partial charge in [0.2, 0.25) is 0 Å². The molecular formula is C15H22N4O. The number of benzene rings is 1. The van der Waals surface area contributed by atoms with Crippen LogP contribution in [0.1, 0.15) is 19.7 Å². The summed E-state index contributed by atoms with van der Waals surface area (Å²) in [4.78, 5) is 6.58. The average Bonchev–Trinajstić information content (AvgIpc) is 2.87. The molecule has 0 bridgehead atoms. The van der Waals surface area contributed by atoms with Crippen LogP contribution in [0.3, 0.4) is 0 Å². The summed E-state index contributed by atoms with van der Waals surface area (Å²) in [5.41, 5.74) is 6.78. The fourth-order valence-electron chi connectivity index (χ4n) is 2.11. The smallest absolute Gasteiger partial charge is 0.257 e. The molecule has 1 aromatic heterocycles. The van der Waals surface area contributed by atoms with Crippen molar-refractivity contribution in [1.29, 1.82) is 0 Å². The number of hydrogen-bond donors (Lipinski definition) is 1. The maximum Gasteiger partial charge on any atom is 0.257 e. The van der Waals surface area contributed by atoms with E-state index in [1.165, 1.54) is 0 Å². The van der Waals surface area contributed by atoms with E-state index < -0.39 is 0 Å². The van der Waals surface area contributed by atoms with Gasteiger partial charge in [-0.05, 0) is 31.1 Å². The van der Waals surface area contributed by atoms with Crippen LogP contribution in [0.2, 0.25) is 0 Å². The van der Waals surface area contributed by atoms with Gasteiger partial charge in [-0.25, -0.2) is 0 Å². The van der Waals surface area contributed by atoms with E-state index in [0.717, 1.165) is 12.1 Å². The zero-order valence-electron chi connectivity index (χ0n) is 12.3. The Hall–Kier alpha value is -1.72. The molecule has 0 amide bonds. The normalized spacial score (nSPS) is 12.1. The first-order valence-corrected chi connectivity index (χ1v) is 6.77. The van der Waals surface area contributed by atoms with Crippen molar-refractivity contribution in [2.24, 2.45) is 11.1 Å². The van der Waals surface area contributed by atoms with Crippen LogP contribution in [0, 0.1) is 5.41 Å². The van der Waals surface area contributed by atoms with Gasteiger partial charge in [-0.3, -0.25) is 4.90 Å². The van der Waals surface area contributed by atoms with Crippen molar-refractivity contribution in [2.45, 2.75) is 20.4 Å². The molecule has 108 valence electrons. The summed E-state index contributed by atoms with van der Waals surface area (Å²) in [6.45, 7) is 6.49. The van der Waals surface area contributed by atoms with Crippen LogP contribution < -0.4 is 5.73 Å². The van der Waals surface area contributed by atoms with Crippen molar-refractivity contribution >= 4 is 0 Å². The zero-order chi connectivity index (χ0) is 14.6. The molecule has 0 atom stereocenters. The van der Waals surface area contributed by atoms with Crippen LogP contribution in [0.25, 0.3) is 11.5 Å². The first kappa shape index (κ1) is 14.7. The Morgan fingerprint density at radius 2 is 1.95 bits per heavy atom. The quantitative estimate of drug-likeness (QED) is 0.874. The molecule has 0 aliphatic heterocycles. The van der Waals surface area contributed by atoms with Crippen LogP contribution in [0.15, 0.2) is 34.9 Å². The van der Waals surface area contributed by atoms with E-state index in [1.54, 1.807) is 0 Å². The fraction of sp³-hybridized carbons (Fsp3) is 0.467. The Morgan fingerprint density at radius 1 is 1.25 bits per heavy atom. The molecule has 0 fully saturated rings. The van der Waals surface area contributed by atoms with Crippen molar-refractivity contribution in [2.75, 3.05) is 20.1 Å². The Balaban J connectivity index is 2.00. The SMILES string of the molecule is CN(Cc1noc(-c2ccccc2)n1)CC(C)(C)CN. The van der Waals surface area contributed by atoms with Crippen molar-refractivity contribution in [3.05, 3.63) is 36.2 Å². The van der Waals surface area contributed by atoms with Gasteiger partial charge in [0.25, 0.3) is 5.89 Å². The molecule has 1 heterocycles. The van der Waals surface area contributed by atoms with E-state index in [2.05, 4.69) is 28.9 Å². The second-order valence-corrected chi connectivity index (χ2v) is 5.92. The van der Waals surface area contributed by atoms with Crippen molar-refractivity contribution in [3.8, 4) is 11.5 Å². The highest BCUT2D eigenvalue weighted by atomic mass is 16.5. The van der Waals surface area contributed by atoms with Gasteiger partial charge in [-0.2, -0.15) is 4.98 Å². The number of nitrogens with zero attached hydrogens (tertiary/aromatic N) is 3. The summed E-state index contributed by atoms with van der Waals surface area (Å²) in [6, 6.07) is 9.78. The number of nitrogens with two attached hydrogens (primary N) is 1. The molecule has 2 rings (SSSR count). The molecule has 20 heavy (non-hydrogen) atoms. The lowest BCUT2D eigenvalue weighted by Gasteiger charge is -2.28. The Kier molecular flexibility index (Phi) is 4.52. The molecule has 1 aromatic carbocycles. The minimum absolute atomic E-state index is 0.0841. The van der Waals surface area contributed by atoms with Gasteiger partial charge in [-0.1, -0.05) is 37.2 Å². The monoisotopic (exact) mass is 274 g/mol. The summed E-state index contributed by atoms with van der Waals surface area (Å²) in [6.07, 6.45) is 0. The maximum atomic E-state index is 5.75. The maximum absolute atomic E-state index is 5.75. The second-order valence-electron chi connectivity index (χ2n) is 5.92. The van der Waals surface area contributed by atoms with Crippen LogP contribution in [-0.2, 0) is 6.54 Å². The molecule has 0 aliphatic rings. The summed E-state index contributed by atoms with van der Waals surface area (Å²) >= 11 is 0. The van der Waals surface area contributed by atoms with Crippen LogP contribution in [-0.4, -0.2) is 35.2 Å². The average molecular weight is 274 g/mol. The molecule has 0 saturated carbocycles. The van der Waals surface area contributed by atoms with Crippen LogP contribution >= 0.6 is 0 Å². The summed E-state index contributed by atoms with van der Waals surface area (Å²) in [5, 5.41) is 4.03. The van der Waals surface area contributed by atoms with Gasteiger partial charge >= 0.3 is 0 Å². The Morgan fingerprint density at radius 3 is 2.60 bits per heavy atom. The topological polar surface area (TPSA) is 68.2 Å². The first-order chi connectivity index (χ1) is 9.50. The van der Waals surface area contributed by atoms with E-state index in [9.17, 15) is 0 Å². The molecule has 5 heteroatoms. The standard InChI is InChI=1S/C15H22N4O/c1-15(2,10-16)11-19(3)9-13-17-14(20-18-13)12-7-5-4-6-8-12/h4-8H,9-11,16H2,1-3H3. The summed E-state index contributed by atoms with van der Waals surface area (Å²) in [5.74, 6) is 1.26. The largest absolute Gasteiger partial charge is 0.334 e. The lowest BCUT2D eigenvalue weighted by molar-refractivity contribution is 0.204. The summed E-state index contributed by atoms with van der Waals surface area (Å²) in [7, 11) is 2.04. The van der Waals surface area contributed by atoms with Gasteiger partial charge < -0.3 is 10.3 Å². The minimum Gasteiger partial charge on any atom is -0.334 e. The molecule has 0 saturated heterocycles. The Labute approximate surface area is 119 Å². The third-order valence-corrected chi connectivity index (χ3v) is 3.15. The number of hydrogen-bond acceptors (Lipinski definition) is 5. The molecule has 2 aromatic rings. The molecule has 0 spiro atoms. The van der Waals surface area contributed by atoms with E-state index >= 15 is 0 Å². The highest BCUT2D eigenvalue weighted by molar-refractivity contribution is 5.51. The predicted octanol–water partition coefficient (Wildman–Crippen LogP) is 2.15. The minimum atomic E-state index is 0.0841. The number of aromatic nitrogens is 2.